The number of nitrogens with zero attached hydrogens (tertiary/aromatic N) is 4. The summed E-state index contributed by atoms with van der Waals surface area (Å²) in [6.45, 7) is 3.44. The summed E-state index contributed by atoms with van der Waals surface area (Å²) < 4.78 is 15.6. The van der Waals surface area contributed by atoms with E-state index in [2.05, 4.69) is 31.2 Å². The number of rotatable bonds is 11. The van der Waals surface area contributed by atoms with Crippen LogP contribution >= 0.6 is 11.6 Å². The minimum atomic E-state index is -0.668. The first-order valence-corrected chi connectivity index (χ1v) is 15.1. The predicted molar refractivity (Wildman–Crippen MR) is 154 cm³/mol. The molecule has 3 aliphatic rings. The van der Waals surface area contributed by atoms with E-state index in [-0.39, 0.29) is 35.9 Å². The highest BCUT2D eigenvalue weighted by Crippen LogP contribution is 2.32. The first-order valence-electron chi connectivity index (χ1n) is 14.7. The third-order valence-corrected chi connectivity index (χ3v) is 8.58. The molecule has 3 N–H and O–H groups in total. The molecule has 5 rings (SSSR count). The molecule has 0 spiro atoms. The lowest BCUT2D eigenvalue weighted by Crippen LogP contribution is -2.55. The summed E-state index contributed by atoms with van der Waals surface area (Å²) in [5.74, 6) is -1.80. The van der Waals surface area contributed by atoms with Crippen molar-refractivity contribution in [3.05, 3.63) is 47.0 Å². The third kappa shape index (κ3) is 8.05. The molecule has 1 saturated carbocycles. The fourth-order valence-electron chi connectivity index (χ4n) is 6.24. The lowest BCUT2D eigenvalue weighted by atomic mass is 9.90. The second-order valence-corrected chi connectivity index (χ2v) is 11.6. The monoisotopic (exact) mass is 587 g/mol. The fourth-order valence-corrected chi connectivity index (χ4v) is 6.41. The van der Waals surface area contributed by atoms with Crippen molar-refractivity contribution < 1.29 is 18.8 Å². The molecule has 3 fully saturated rings. The minimum Gasteiger partial charge on any atom is -0.351 e. The molecule has 1 unspecified atom stereocenters. The minimum absolute atomic E-state index is 0.0528. The van der Waals surface area contributed by atoms with E-state index in [0.717, 1.165) is 50.8 Å². The van der Waals surface area contributed by atoms with Crippen molar-refractivity contribution in [1.29, 1.82) is 0 Å². The number of halogens is 2. The van der Waals surface area contributed by atoms with E-state index in [9.17, 15) is 9.59 Å². The Morgan fingerprint density at radius 1 is 1.05 bits per heavy atom. The standard InChI is InChI=1S/C29H39ClFN7O3/c30-29-32-26(25(31)27(33-29)38-15-14-37-13-7-6-12-23(37)18-38)34-35-28(40)22(16-20-8-4-5-9-20)17-24(39)36-41-19-21-10-2-1-3-11-21/h1-3,10-11,20,22-23H,4-9,12-19H2,(H,35,40)(H,36,39)(H,32,33,34)/t22-,23?/m1/s1. The van der Waals surface area contributed by atoms with Crippen LogP contribution < -0.4 is 21.2 Å². The van der Waals surface area contributed by atoms with Crippen molar-refractivity contribution >= 4 is 35.1 Å². The normalized spacial score (nSPS) is 20.3. The number of amides is 2. The van der Waals surface area contributed by atoms with Gasteiger partial charge in [-0.05, 0) is 48.9 Å². The molecule has 222 valence electrons. The van der Waals surface area contributed by atoms with Crippen LogP contribution in [-0.4, -0.2) is 58.9 Å². The summed E-state index contributed by atoms with van der Waals surface area (Å²) in [5, 5.41) is -0.110. The summed E-state index contributed by atoms with van der Waals surface area (Å²) in [5.41, 5.74) is 8.57. The Balaban J connectivity index is 1.19. The van der Waals surface area contributed by atoms with Crippen molar-refractivity contribution in [2.45, 2.75) is 70.4 Å². The molecule has 1 aromatic carbocycles. The van der Waals surface area contributed by atoms with Crippen LogP contribution in [-0.2, 0) is 21.0 Å². The number of nitrogens with one attached hydrogen (secondary N) is 3. The van der Waals surface area contributed by atoms with Gasteiger partial charge >= 0.3 is 0 Å². The molecule has 12 heteroatoms. The Hall–Kier alpha value is -3.02. The van der Waals surface area contributed by atoms with Gasteiger partial charge in [-0.25, -0.2) is 5.48 Å². The number of benzene rings is 1. The van der Waals surface area contributed by atoms with Crippen molar-refractivity contribution in [2.75, 3.05) is 36.5 Å². The third-order valence-electron chi connectivity index (χ3n) is 8.41. The molecule has 2 aromatic rings. The average molecular weight is 588 g/mol. The number of hydrogen-bond donors (Lipinski definition) is 3. The summed E-state index contributed by atoms with van der Waals surface area (Å²) in [7, 11) is 0. The second kappa shape index (κ2) is 14.2. The molecule has 1 aliphatic carbocycles. The van der Waals surface area contributed by atoms with Crippen molar-refractivity contribution in [3.63, 3.8) is 0 Å². The zero-order valence-corrected chi connectivity index (χ0v) is 24.0. The van der Waals surface area contributed by atoms with Gasteiger partial charge in [-0.2, -0.15) is 14.4 Å². The van der Waals surface area contributed by atoms with Crippen LogP contribution in [0, 0.1) is 17.7 Å². The van der Waals surface area contributed by atoms with E-state index in [1.165, 1.54) is 12.8 Å². The van der Waals surface area contributed by atoms with E-state index in [0.29, 0.717) is 31.5 Å². The smallest absolute Gasteiger partial charge is 0.244 e. The summed E-state index contributed by atoms with van der Waals surface area (Å²) in [6, 6.07) is 9.84. The number of carbonyl (C=O) groups is 2. The van der Waals surface area contributed by atoms with Gasteiger partial charge in [0.25, 0.3) is 0 Å². The lowest BCUT2D eigenvalue weighted by Gasteiger charge is -2.44. The van der Waals surface area contributed by atoms with Gasteiger partial charge in [0.15, 0.2) is 11.6 Å². The number of piperidine rings is 1. The second-order valence-electron chi connectivity index (χ2n) is 11.3. The first-order chi connectivity index (χ1) is 20.0. The molecule has 3 heterocycles. The van der Waals surface area contributed by atoms with Gasteiger partial charge in [0.1, 0.15) is 0 Å². The van der Waals surface area contributed by atoms with Crippen LogP contribution in [0.25, 0.3) is 0 Å². The highest BCUT2D eigenvalue weighted by molar-refractivity contribution is 6.28. The Labute approximate surface area is 245 Å². The number of hydrazine groups is 1. The molecule has 41 heavy (non-hydrogen) atoms. The van der Waals surface area contributed by atoms with Crippen LogP contribution in [0.2, 0.25) is 5.28 Å². The maximum atomic E-state index is 15.6. The van der Waals surface area contributed by atoms with Crippen molar-refractivity contribution in [2.24, 2.45) is 11.8 Å². The zero-order chi connectivity index (χ0) is 28.6. The Morgan fingerprint density at radius 2 is 1.83 bits per heavy atom. The van der Waals surface area contributed by atoms with Gasteiger partial charge in [-0.3, -0.25) is 30.2 Å². The van der Waals surface area contributed by atoms with E-state index in [1.807, 2.05) is 35.2 Å². The fraction of sp³-hybridized carbons (Fsp3) is 0.586. The Morgan fingerprint density at radius 3 is 2.63 bits per heavy atom. The Bertz CT molecular complexity index is 1180. The molecule has 2 atom stereocenters. The summed E-state index contributed by atoms with van der Waals surface area (Å²) in [6.07, 6.45) is 8.23. The van der Waals surface area contributed by atoms with Gasteiger partial charge in [-0.15, -0.1) is 0 Å². The van der Waals surface area contributed by atoms with E-state index < -0.39 is 17.6 Å². The predicted octanol–water partition coefficient (Wildman–Crippen LogP) is 4.22. The van der Waals surface area contributed by atoms with Gasteiger partial charge < -0.3 is 4.90 Å². The van der Waals surface area contributed by atoms with Crippen LogP contribution in [0.5, 0.6) is 0 Å². The maximum absolute atomic E-state index is 15.6. The zero-order valence-electron chi connectivity index (χ0n) is 23.3. The van der Waals surface area contributed by atoms with Crippen LogP contribution in [0.1, 0.15) is 63.4 Å². The SMILES string of the molecule is O=C(C[C@@H](CC1CCCC1)C(=O)NNc1nc(Cl)nc(N2CCN3CCCCC3C2)c1F)NOCc1ccccc1. The highest BCUT2D eigenvalue weighted by Gasteiger charge is 2.32. The van der Waals surface area contributed by atoms with Crippen LogP contribution in [0.3, 0.4) is 0 Å². The van der Waals surface area contributed by atoms with E-state index in [4.69, 9.17) is 16.4 Å². The number of hydroxylamine groups is 1. The highest BCUT2D eigenvalue weighted by atomic mass is 35.5. The van der Waals surface area contributed by atoms with Crippen LogP contribution in [0.4, 0.5) is 16.0 Å². The number of carbonyl (C=O) groups excluding carboxylic acids is 2. The quantitative estimate of drug-likeness (QED) is 0.265. The molecule has 2 amide bonds. The Kier molecular flexibility index (Phi) is 10.2. The summed E-state index contributed by atoms with van der Waals surface area (Å²) >= 11 is 6.19. The average Bonchev–Trinajstić information content (AvgIpc) is 3.50. The number of anilines is 2. The number of fused-ring (bicyclic) bond motifs is 1. The van der Waals surface area contributed by atoms with Crippen molar-refractivity contribution in [1.82, 2.24) is 25.8 Å². The van der Waals surface area contributed by atoms with Gasteiger partial charge in [-0.1, -0.05) is 62.4 Å². The van der Waals surface area contributed by atoms with E-state index in [1.54, 1.807) is 0 Å². The van der Waals surface area contributed by atoms with Gasteiger partial charge in [0, 0.05) is 38.0 Å². The molecular formula is C29H39ClFN7O3. The number of hydrogen-bond acceptors (Lipinski definition) is 8. The van der Waals surface area contributed by atoms with Gasteiger partial charge in [0.05, 0.1) is 6.61 Å². The molecule has 1 aromatic heterocycles. The lowest BCUT2D eigenvalue weighted by molar-refractivity contribution is -0.139. The topological polar surface area (TPSA) is 112 Å². The first kappa shape index (κ1) is 29.5. The molecule has 0 radical (unpaired) electrons. The molecule has 2 aliphatic heterocycles. The number of aromatic nitrogens is 2. The van der Waals surface area contributed by atoms with E-state index >= 15 is 4.39 Å². The maximum Gasteiger partial charge on any atom is 0.244 e. The molecule has 10 nitrogen and oxygen atoms in total. The summed E-state index contributed by atoms with van der Waals surface area (Å²) in [4.78, 5) is 43.8. The van der Waals surface area contributed by atoms with Gasteiger partial charge in [0.2, 0.25) is 22.9 Å². The molecule has 0 bridgehead atoms. The molecule has 2 saturated heterocycles. The molecular weight excluding hydrogens is 549 g/mol. The largest absolute Gasteiger partial charge is 0.351 e. The van der Waals surface area contributed by atoms with Crippen molar-refractivity contribution in [3.8, 4) is 0 Å². The number of piperazine rings is 1. The van der Waals surface area contributed by atoms with Crippen LogP contribution in [0.15, 0.2) is 30.3 Å².